The van der Waals surface area contributed by atoms with Crippen molar-refractivity contribution in [3.63, 3.8) is 0 Å². The summed E-state index contributed by atoms with van der Waals surface area (Å²) in [6, 6.07) is 24.1. The molecule has 118 valence electrons. The van der Waals surface area contributed by atoms with E-state index in [2.05, 4.69) is 18.2 Å². The standard InChI is InChI=1S/C22H13ClN2/c23-18-10-4-1-7-14(18)13-17-15-8-2-3-9-16(15)21-22(17)25-20-12-6-5-11-19(20)24-21/h1-13H/b17-13-. The second-order valence-corrected chi connectivity index (χ2v) is 6.44. The molecule has 0 spiro atoms. The van der Waals surface area contributed by atoms with E-state index in [1.165, 1.54) is 0 Å². The molecule has 2 nitrogen and oxygen atoms in total. The number of rotatable bonds is 1. The number of benzene rings is 3. The van der Waals surface area contributed by atoms with Crippen molar-refractivity contribution in [2.75, 3.05) is 0 Å². The van der Waals surface area contributed by atoms with Crippen LogP contribution in [0.2, 0.25) is 5.02 Å². The zero-order valence-electron chi connectivity index (χ0n) is 13.3. The van der Waals surface area contributed by atoms with Crippen LogP contribution in [-0.4, -0.2) is 9.97 Å². The van der Waals surface area contributed by atoms with Crippen LogP contribution in [0.1, 0.15) is 16.8 Å². The van der Waals surface area contributed by atoms with Crippen LogP contribution < -0.4 is 0 Å². The lowest BCUT2D eigenvalue weighted by atomic mass is 10.0. The molecule has 0 amide bonds. The fraction of sp³-hybridized carbons (Fsp3) is 0. The monoisotopic (exact) mass is 340 g/mol. The number of halogens is 1. The topological polar surface area (TPSA) is 25.8 Å². The largest absolute Gasteiger partial charge is 0.244 e. The van der Waals surface area contributed by atoms with Gasteiger partial charge in [-0.25, -0.2) is 9.97 Å². The Labute approximate surface area is 150 Å². The molecule has 1 aromatic heterocycles. The number of hydrogen-bond acceptors (Lipinski definition) is 2. The Balaban J connectivity index is 1.84. The average Bonchev–Trinajstić information content (AvgIpc) is 2.95. The average molecular weight is 341 g/mol. The Morgan fingerprint density at radius 3 is 2.00 bits per heavy atom. The van der Waals surface area contributed by atoms with E-state index >= 15 is 0 Å². The molecule has 0 radical (unpaired) electrons. The number of aromatic nitrogens is 2. The van der Waals surface area contributed by atoms with Gasteiger partial charge in [0.2, 0.25) is 0 Å². The van der Waals surface area contributed by atoms with Crippen molar-refractivity contribution in [2.45, 2.75) is 0 Å². The summed E-state index contributed by atoms with van der Waals surface area (Å²) in [5.74, 6) is 0. The van der Waals surface area contributed by atoms with E-state index in [9.17, 15) is 0 Å². The van der Waals surface area contributed by atoms with Crippen molar-refractivity contribution < 1.29 is 0 Å². The van der Waals surface area contributed by atoms with Crippen molar-refractivity contribution in [3.8, 4) is 11.3 Å². The molecule has 4 aromatic rings. The summed E-state index contributed by atoms with van der Waals surface area (Å²) >= 11 is 6.37. The summed E-state index contributed by atoms with van der Waals surface area (Å²) < 4.78 is 0. The van der Waals surface area contributed by atoms with Crippen LogP contribution in [-0.2, 0) is 0 Å². The highest BCUT2D eigenvalue weighted by molar-refractivity contribution is 6.32. The van der Waals surface area contributed by atoms with Crippen LogP contribution in [0.4, 0.5) is 0 Å². The summed E-state index contributed by atoms with van der Waals surface area (Å²) in [4.78, 5) is 9.78. The van der Waals surface area contributed by atoms with Crippen molar-refractivity contribution in [1.29, 1.82) is 0 Å². The Bertz CT molecular complexity index is 1160. The molecule has 0 aliphatic heterocycles. The number of para-hydroxylation sites is 2. The molecular formula is C22H13ClN2. The molecule has 3 heteroatoms. The quantitative estimate of drug-likeness (QED) is 0.382. The van der Waals surface area contributed by atoms with Crippen molar-refractivity contribution in [3.05, 3.63) is 94.6 Å². The summed E-state index contributed by atoms with van der Waals surface area (Å²) in [7, 11) is 0. The highest BCUT2D eigenvalue weighted by Gasteiger charge is 2.26. The molecule has 0 fully saturated rings. The molecule has 0 bridgehead atoms. The van der Waals surface area contributed by atoms with Gasteiger partial charge in [0.05, 0.1) is 22.4 Å². The van der Waals surface area contributed by atoms with Gasteiger partial charge in [-0.15, -0.1) is 0 Å². The molecule has 25 heavy (non-hydrogen) atoms. The highest BCUT2D eigenvalue weighted by Crippen LogP contribution is 2.43. The van der Waals surface area contributed by atoms with Gasteiger partial charge in [0.1, 0.15) is 0 Å². The molecular weight excluding hydrogens is 328 g/mol. The Hall–Kier alpha value is -2.97. The number of fused-ring (bicyclic) bond motifs is 4. The van der Waals surface area contributed by atoms with Crippen molar-refractivity contribution >= 4 is 34.3 Å². The lowest BCUT2D eigenvalue weighted by molar-refractivity contribution is 1.28. The van der Waals surface area contributed by atoms with Crippen LogP contribution in [0.5, 0.6) is 0 Å². The zero-order valence-corrected chi connectivity index (χ0v) is 14.0. The van der Waals surface area contributed by atoms with Gasteiger partial charge in [-0.05, 0) is 35.4 Å². The molecule has 0 saturated carbocycles. The van der Waals surface area contributed by atoms with E-state index in [4.69, 9.17) is 21.6 Å². The van der Waals surface area contributed by atoms with Gasteiger partial charge in [0.15, 0.2) is 0 Å². The highest BCUT2D eigenvalue weighted by atomic mass is 35.5. The second kappa shape index (κ2) is 5.54. The molecule has 1 aliphatic rings. The maximum atomic E-state index is 6.37. The van der Waals surface area contributed by atoms with Gasteiger partial charge >= 0.3 is 0 Å². The molecule has 0 atom stereocenters. The van der Waals surface area contributed by atoms with Crippen molar-refractivity contribution in [2.24, 2.45) is 0 Å². The summed E-state index contributed by atoms with van der Waals surface area (Å²) in [5.41, 5.74) is 7.98. The third-order valence-corrected chi connectivity index (χ3v) is 4.85. The fourth-order valence-corrected chi connectivity index (χ4v) is 3.51. The first kappa shape index (κ1) is 14.4. The second-order valence-electron chi connectivity index (χ2n) is 6.03. The van der Waals surface area contributed by atoms with Gasteiger partial charge in [-0.2, -0.15) is 0 Å². The minimum absolute atomic E-state index is 0.731. The zero-order chi connectivity index (χ0) is 16.8. The molecule has 0 unspecified atom stereocenters. The molecule has 0 N–H and O–H groups in total. The van der Waals surface area contributed by atoms with E-state index in [1.807, 2.05) is 60.7 Å². The van der Waals surface area contributed by atoms with Crippen molar-refractivity contribution in [1.82, 2.24) is 9.97 Å². The van der Waals surface area contributed by atoms with E-state index in [1.54, 1.807) is 0 Å². The van der Waals surface area contributed by atoms with E-state index < -0.39 is 0 Å². The molecule has 1 heterocycles. The van der Waals surface area contributed by atoms with Crippen LogP contribution in [0.15, 0.2) is 72.8 Å². The summed E-state index contributed by atoms with van der Waals surface area (Å²) in [5, 5.41) is 0.731. The minimum atomic E-state index is 0.731. The lowest BCUT2D eigenvalue weighted by Gasteiger charge is -2.05. The van der Waals surface area contributed by atoms with Gasteiger partial charge in [0.25, 0.3) is 0 Å². The molecule has 1 aliphatic carbocycles. The third kappa shape index (κ3) is 2.26. The van der Waals surface area contributed by atoms with Gasteiger partial charge in [-0.3, -0.25) is 0 Å². The van der Waals surface area contributed by atoms with Gasteiger partial charge in [0, 0.05) is 16.2 Å². The maximum Gasteiger partial charge on any atom is 0.0979 e. The molecule has 3 aromatic carbocycles. The lowest BCUT2D eigenvalue weighted by Crippen LogP contribution is -1.92. The number of hydrogen-bond donors (Lipinski definition) is 0. The van der Waals surface area contributed by atoms with Gasteiger partial charge < -0.3 is 0 Å². The van der Waals surface area contributed by atoms with Crippen LogP contribution >= 0.6 is 11.6 Å². The normalized spacial score (nSPS) is 13.9. The molecule has 5 rings (SSSR count). The van der Waals surface area contributed by atoms with Crippen LogP contribution in [0.25, 0.3) is 33.9 Å². The fourth-order valence-electron chi connectivity index (χ4n) is 3.32. The minimum Gasteiger partial charge on any atom is -0.244 e. The Morgan fingerprint density at radius 2 is 1.24 bits per heavy atom. The summed E-state index contributed by atoms with van der Waals surface area (Å²) in [6.45, 7) is 0. The summed E-state index contributed by atoms with van der Waals surface area (Å²) in [6.07, 6.45) is 2.11. The first-order valence-electron chi connectivity index (χ1n) is 8.14. The van der Waals surface area contributed by atoms with Crippen LogP contribution in [0, 0.1) is 0 Å². The van der Waals surface area contributed by atoms with Crippen LogP contribution in [0.3, 0.4) is 0 Å². The van der Waals surface area contributed by atoms with E-state index in [0.29, 0.717) is 0 Å². The third-order valence-electron chi connectivity index (χ3n) is 4.50. The predicted octanol–water partition coefficient (Wildman–Crippen LogP) is 5.85. The molecule has 0 saturated heterocycles. The maximum absolute atomic E-state index is 6.37. The van der Waals surface area contributed by atoms with Gasteiger partial charge in [-0.1, -0.05) is 66.2 Å². The van der Waals surface area contributed by atoms with E-state index in [-0.39, 0.29) is 0 Å². The predicted molar refractivity (Wildman–Crippen MR) is 103 cm³/mol. The first-order valence-corrected chi connectivity index (χ1v) is 8.52. The Kier molecular flexibility index (Phi) is 3.19. The smallest absolute Gasteiger partial charge is 0.0979 e. The SMILES string of the molecule is Clc1ccccc1/C=C1/c2ccccc2-c2nc3ccccc3nc21. The first-order chi connectivity index (χ1) is 12.3. The number of nitrogens with zero attached hydrogens (tertiary/aromatic N) is 2. The van der Waals surface area contributed by atoms with E-state index in [0.717, 1.165) is 49.7 Å². The Morgan fingerprint density at radius 1 is 0.640 bits per heavy atom.